The Labute approximate surface area is 89.3 Å². The minimum absolute atomic E-state index is 0.261. The zero-order valence-corrected chi connectivity index (χ0v) is 8.88. The van der Waals surface area contributed by atoms with E-state index in [4.69, 9.17) is 0 Å². The number of pyridine rings is 1. The predicted molar refractivity (Wildman–Crippen MR) is 62.9 cm³/mol. The molecule has 1 aliphatic rings. The molecule has 2 rings (SSSR count). The molecular formula is C12H13N3. The van der Waals surface area contributed by atoms with Crippen molar-refractivity contribution in [2.45, 2.75) is 13.8 Å². The van der Waals surface area contributed by atoms with E-state index >= 15 is 0 Å². The van der Waals surface area contributed by atoms with Crippen LogP contribution >= 0.6 is 0 Å². The lowest BCUT2D eigenvalue weighted by molar-refractivity contribution is 0.972. The fourth-order valence-corrected chi connectivity index (χ4v) is 1.37. The summed E-state index contributed by atoms with van der Waals surface area (Å²) in [5.41, 5.74) is 1.07. The van der Waals surface area contributed by atoms with Gasteiger partial charge in [-0.25, -0.2) is 15.0 Å². The Morgan fingerprint density at radius 2 is 2.27 bits per heavy atom. The quantitative estimate of drug-likeness (QED) is 0.685. The molecule has 0 amide bonds. The molecule has 76 valence electrons. The van der Waals surface area contributed by atoms with Crippen LogP contribution in [0.2, 0.25) is 0 Å². The van der Waals surface area contributed by atoms with Crippen molar-refractivity contribution in [3.8, 4) is 0 Å². The number of aliphatic imine (C=N–C) groups is 2. The zero-order valence-electron chi connectivity index (χ0n) is 8.88. The topological polar surface area (TPSA) is 37.6 Å². The molecule has 0 saturated carbocycles. The third kappa shape index (κ3) is 2.18. The highest BCUT2D eigenvalue weighted by Gasteiger charge is 2.09. The predicted octanol–water partition coefficient (Wildman–Crippen LogP) is 2.70. The molecule has 1 aromatic heterocycles. The van der Waals surface area contributed by atoms with Gasteiger partial charge in [0.05, 0.1) is 0 Å². The molecule has 0 bridgehead atoms. The van der Waals surface area contributed by atoms with Crippen molar-refractivity contribution in [1.82, 2.24) is 4.98 Å². The number of dihydropyridines is 1. The van der Waals surface area contributed by atoms with Crippen molar-refractivity contribution in [2.75, 3.05) is 0 Å². The first-order valence-corrected chi connectivity index (χ1v) is 4.98. The summed E-state index contributed by atoms with van der Waals surface area (Å²) in [4.78, 5) is 12.9. The summed E-state index contributed by atoms with van der Waals surface area (Å²) in [5, 5.41) is 0. The standard InChI is InChI=1S/C12H13N3/c1-9-5-3-7-13-11(9)15-12-10(2)6-4-8-14-12/h3-9H,1-2H3/b15-11-. The maximum atomic E-state index is 4.46. The molecule has 0 fully saturated rings. The van der Waals surface area contributed by atoms with Gasteiger partial charge in [-0.3, -0.25) is 0 Å². The Kier molecular flexibility index (Phi) is 2.72. The minimum Gasteiger partial charge on any atom is -0.241 e. The molecule has 0 aliphatic carbocycles. The summed E-state index contributed by atoms with van der Waals surface area (Å²) >= 11 is 0. The van der Waals surface area contributed by atoms with Crippen LogP contribution in [0, 0.1) is 12.8 Å². The molecule has 0 aromatic carbocycles. The summed E-state index contributed by atoms with van der Waals surface area (Å²) in [6.07, 6.45) is 7.52. The Hall–Kier alpha value is -1.77. The highest BCUT2D eigenvalue weighted by atomic mass is 15.0. The van der Waals surface area contributed by atoms with Crippen molar-refractivity contribution in [2.24, 2.45) is 15.9 Å². The van der Waals surface area contributed by atoms with Gasteiger partial charge in [0.2, 0.25) is 0 Å². The Morgan fingerprint density at radius 1 is 1.40 bits per heavy atom. The molecule has 15 heavy (non-hydrogen) atoms. The maximum Gasteiger partial charge on any atom is 0.156 e. The van der Waals surface area contributed by atoms with Crippen LogP contribution < -0.4 is 0 Å². The third-order valence-electron chi connectivity index (χ3n) is 2.30. The van der Waals surface area contributed by atoms with Crippen LogP contribution in [-0.2, 0) is 0 Å². The van der Waals surface area contributed by atoms with E-state index in [-0.39, 0.29) is 5.92 Å². The van der Waals surface area contributed by atoms with Crippen molar-refractivity contribution in [3.63, 3.8) is 0 Å². The van der Waals surface area contributed by atoms with Gasteiger partial charge in [-0.1, -0.05) is 19.1 Å². The van der Waals surface area contributed by atoms with E-state index in [0.29, 0.717) is 0 Å². The normalized spacial score (nSPS) is 22.3. The number of hydrogen-bond acceptors (Lipinski definition) is 2. The van der Waals surface area contributed by atoms with E-state index in [0.717, 1.165) is 17.2 Å². The first kappa shape index (κ1) is 9.77. The Balaban J connectivity index is 2.34. The summed E-state index contributed by atoms with van der Waals surface area (Å²) in [7, 11) is 0. The molecular weight excluding hydrogens is 186 g/mol. The van der Waals surface area contributed by atoms with Gasteiger partial charge in [-0.2, -0.15) is 0 Å². The molecule has 2 heterocycles. The summed E-state index contributed by atoms with van der Waals surface area (Å²) in [6, 6.07) is 3.91. The number of aromatic nitrogens is 1. The Bertz CT molecular complexity index is 444. The summed E-state index contributed by atoms with van der Waals surface area (Å²) < 4.78 is 0. The Morgan fingerprint density at radius 3 is 3.00 bits per heavy atom. The summed E-state index contributed by atoms with van der Waals surface area (Å²) in [5.74, 6) is 1.84. The number of allylic oxidation sites excluding steroid dienone is 1. The maximum absolute atomic E-state index is 4.46. The molecule has 1 aliphatic heterocycles. The van der Waals surface area contributed by atoms with Crippen LogP contribution in [0.3, 0.4) is 0 Å². The summed E-state index contributed by atoms with van der Waals surface area (Å²) in [6.45, 7) is 4.07. The van der Waals surface area contributed by atoms with Gasteiger partial charge in [0.15, 0.2) is 5.82 Å². The molecule has 0 saturated heterocycles. The van der Waals surface area contributed by atoms with Gasteiger partial charge in [0, 0.05) is 18.3 Å². The van der Waals surface area contributed by atoms with Crippen molar-refractivity contribution in [3.05, 3.63) is 36.0 Å². The molecule has 3 nitrogen and oxygen atoms in total. The molecule has 0 N–H and O–H groups in total. The van der Waals surface area contributed by atoms with Crippen LogP contribution in [0.25, 0.3) is 0 Å². The fourth-order valence-electron chi connectivity index (χ4n) is 1.37. The molecule has 0 radical (unpaired) electrons. The number of rotatable bonds is 1. The van der Waals surface area contributed by atoms with E-state index in [2.05, 4.69) is 28.0 Å². The fraction of sp³-hybridized carbons (Fsp3) is 0.250. The van der Waals surface area contributed by atoms with Crippen LogP contribution in [0.1, 0.15) is 12.5 Å². The second-order valence-electron chi connectivity index (χ2n) is 3.57. The third-order valence-corrected chi connectivity index (χ3v) is 2.30. The lowest BCUT2D eigenvalue weighted by Gasteiger charge is -2.09. The highest BCUT2D eigenvalue weighted by Crippen LogP contribution is 2.17. The highest BCUT2D eigenvalue weighted by molar-refractivity contribution is 5.98. The van der Waals surface area contributed by atoms with Gasteiger partial charge in [0.25, 0.3) is 0 Å². The van der Waals surface area contributed by atoms with Gasteiger partial charge in [-0.15, -0.1) is 0 Å². The minimum atomic E-state index is 0.261. The molecule has 3 heteroatoms. The van der Waals surface area contributed by atoms with Gasteiger partial charge >= 0.3 is 0 Å². The van der Waals surface area contributed by atoms with Crippen LogP contribution in [0.5, 0.6) is 0 Å². The number of hydrogen-bond donors (Lipinski definition) is 0. The number of aryl methyl sites for hydroxylation is 1. The average molecular weight is 199 g/mol. The van der Waals surface area contributed by atoms with E-state index in [9.17, 15) is 0 Å². The van der Waals surface area contributed by atoms with E-state index in [1.165, 1.54) is 0 Å². The lowest BCUT2D eigenvalue weighted by Crippen LogP contribution is -2.09. The second kappa shape index (κ2) is 4.17. The number of nitrogens with zero attached hydrogens (tertiary/aromatic N) is 3. The molecule has 1 unspecified atom stereocenters. The van der Waals surface area contributed by atoms with Crippen LogP contribution in [0.15, 0.2) is 40.5 Å². The van der Waals surface area contributed by atoms with Crippen LogP contribution in [0.4, 0.5) is 5.82 Å². The van der Waals surface area contributed by atoms with Gasteiger partial charge in [0.1, 0.15) is 5.84 Å². The smallest absolute Gasteiger partial charge is 0.156 e. The van der Waals surface area contributed by atoms with Crippen molar-refractivity contribution < 1.29 is 0 Å². The SMILES string of the molecule is Cc1cccnc1/N=C1\N=CC=CC1C. The van der Waals surface area contributed by atoms with Crippen molar-refractivity contribution in [1.29, 1.82) is 0 Å². The largest absolute Gasteiger partial charge is 0.241 e. The van der Waals surface area contributed by atoms with E-state index < -0.39 is 0 Å². The lowest BCUT2D eigenvalue weighted by atomic mass is 10.1. The van der Waals surface area contributed by atoms with E-state index in [1.54, 1.807) is 12.4 Å². The monoisotopic (exact) mass is 199 g/mol. The van der Waals surface area contributed by atoms with Gasteiger partial charge < -0.3 is 0 Å². The van der Waals surface area contributed by atoms with Gasteiger partial charge in [-0.05, 0) is 24.6 Å². The van der Waals surface area contributed by atoms with E-state index in [1.807, 2.05) is 25.1 Å². The zero-order chi connectivity index (χ0) is 10.7. The molecule has 1 atom stereocenters. The first-order chi connectivity index (χ1) is 7.27. The first-order valence-electron chi connectivity index (χ1n) is 4.98. The molecule has 1 aromatic rings. The van der Waals surface area contributed by atoms with Crippen LogP contribution in [-0.4, -0.2) is 17.0 Å². The number of amidine groups is 1. The average Bonchev–Trinajstić information content (AvgIpc) is 2.24. The second-order valence-corrected chi connectivity index (χ2v) is 3.57. The van der Waals surface area contributed by atoms with Crippen molar-refractivity contribution >= 4 is 17.9 Å². The molecule has 0 spiro atoms.